The molecule has 0 N–H and O–H groups in total. The minimum atomic E-state index is -0.423. The number of aldehydes is 1. The maximum atomic E-state index is 11.5. The molecule has 0 aliphatic carbocycles. The van der Waals surface area contributed by atoms with Crippen LogP contribution in [0.2, 0.25) is 0 Å². The van der Waals surface area contributed by atoms with Crippen molar-refractivity contribution < 1.29 is 14.3 Å². The molecule has 0 spiro atoms. The third kappa shape index (κ3) is 2.05. The van der Waals surface area contributed by atoms with Crippen molar-refractivity contribution in [1.82, 2.24) is 4.90 Å². The Kier molecular flexibility index (Phi) is 2.90. The number of benzene rings is 1. The second-order valence-electron chi connectivity index (χ2n) is 3.81. The number of ether oxygens (including phenoxy) is 1. The van der Waals surface area contributed by atoms with Gasteiger partial charge in [0.25, 0.3) is 0 Å². The molecule has 1 saturated heterocycles. The van der Waals surface area contributed by atoms with E-state index < -0.39 is 6.09 Å². The molecule has 1 heterocycles. The molecule has 4 heteroatoms. The average molecular weight is 219 g/mol. The first-order valence-electron chi connectivity index (χ1n) is 5.18. The van der Waals surface area contributed by atoms with E-state index in [2.05, 4.69) is 0 Å². The minimum absolute atomic E-state index is 0.0271. The van der Waals surface area contributed by atoms with Crippen LogP contribution in [0.4, 0.5) is 4.79 Å². The lowest BCUT2D eigenvalue weighted by Gasteiger charge is -2.05. The van der Waals surface area contributed by atoms with E-state index in [0.29, 0.717) is 0 Å². The minimum Gasteiger partial charge on any atom is -0.445 e. The van der Waals surface area contributed by atoms with E-state index in [4.69, 9.17) is 4.74 Å². The van der Waals surface area contributed by atoms with Gasteiger partial charge in [0.1, 0.15) is 18.9 Å². The first kappa shape index (κ1) is 10.7. The zero-order chi connectivity index (χ0) is 11.5. The van der Waals surface area contributed by atoms with Gasteiger partial charge in [-0.1, -0.05) is 30.3 Å². The van der Waals surface area contributed by atoms with E-state index in [1.165, 1.54) is 4.90 Å². The molecule has 0 bridgehead atoms. The van der Waals surface area contributed by atoms with Gasteiger partial charge in [0.05, 0.1) is 6.04 Å². The van der Waals surface area contributed by atoms with Gasteiger partial charge in [0.15, 0.2) is 0 Å². The van der Waals surface area contributed by atoms with Crippen molar-refractivity contribution in [3.8, 4) is 0 Å². The van der Waals surface area contributed by atoms with Crippen molar-refractivity contribution in [2.45, 2.75) is 25.6 Å². The van der Waals surface area contributed by atoms with Crippen LogP contribution >= 0.6 is 0 Å². The largest absolute Gasteiger partial charge is 0.445 e. The maximum absolute atomic E-state index is 11.5. The molecule has 2 atom stereocenters. The highest BCUT2D eigenvalue weighted by Gasteiger charge is 2.48. The van der Waals surface area contributed by atoms with Crippen LogP contribution in [0.3, 0.4) is 0 Å². The molecule has 4 nitrogen and oxygen atoms in total. The standard InChI is InChI=1S/C12H13NO3/c1-9-11(7-14)13(9)12(15)16-8-10-5-3-2-4-6-10/h2-7,9,11H,8H2,1H3/t9-,11-,13?/m0/s1. The van der Waals surface area contributed by atoms with Crippen LogP contribution in [0.1, 0.15) is 12.5 Å². The summed E-state index contributed by atoms with van der Waals surface area (Å²) in [5.74, 6) is 0. The third-order valence-electron chi connectivity index (χ3n) is 2.72. The fourth-order valence-corrected chi connectivity index (χ4v) is 1.63. The smallest absolute Gasteiger partial charge is 0.411 e. The second-order valence-corrected chi connectivity index (χ2v) is 3.81. The van der Waals surface area contributed by atoms with Gasteiger partial charge in [-0.2, -0.15) is 0 Å². The van der Waals surface area contributed by atoms with Crippen molar-refractivity contribution >= 4 is 12.4 Å². The Labute approximate surface area is 93.8 Å². The Hall–Kier alpha value is -1.84. The van der Waals surface area contributed by atoms with Crippen molar-refractivity contribution in [1.29, 1.82) is 0 Å². The SMILES string of the molecule is C[C@H]1[C@H](C=O)N1C(=O)OCc1ccccc1. The lowest BCUT2D eigenvalue weighted by Crippen LogP contribution is -2.16. The molecule has 1 aromatic carbocycles. The van der Waals surface area contributed by atoms with E-state index in [1.54, 1.807) is 0 Å². The fourth-order valence-electron chi connectivity index (χ4n) is 1.63. The summed E-state index contributed by atoms with van der Waals surface area (Å²) < 4.78 is 5.08. The molecule has 2 rings (SSSR count). The summed E-state index contributed by atoms with van der Waals surface area (Å²) in [5.41, 5.74) is 0.938. The first-order chi connectivity index (χ1) is 7.74. The van der Waals surface area contributed by atoms with Gasteiger partial charge >= 0.3 is 6.09 Å². The van der Waals surface area contributed by atoms with Crippen LogP contribution in [0, 0.1) is 0 Å². The lowest BCUT2D eigenvalue weighted by atomic mass is 10.2. The summed E-state index contributed by atoms with van der Waals surface area (Å²) in [7, 11) is 0. The van der Waals surface area contributed by atoms with E-state index in [9.17, 15) is 9.59 Å². The zero-order valence-corrected chi connectivity index (χ0v) is 9.00. The first-order valence-corrected chi connectivity index (χ1v) is 5.18. The molecule has 1 aliphatic heterocycles. The van der Waals surface area contributed by atoms with E-state index in [-0.39, 0.29) is 18.7 Å². The fraction of sp³-hybridized carbons (Fsp3) is 0.333. The molecule has 0 radical (unpaired) electrons. The summed E-state index contributed by atoms with van der Waals surface area (Å²) in [4.78, 5) is 23.4. The number of carbonyl (C=O) groups is 2. The second kappa shape index (κ2) is 4.35. The van der Waals surface area contributed by atoms with Crippen LogP contribution in [0.15, 0.2) is 30.3 Å². The highest BCUT2D eigenvalue weighted by molar-refractivity contribution is 5.80. The van der Waals surface area contributed by atoms with Gasteiger partial charge < -0.3 is 9.53 Å². The van der Waals surface area contributed by atoms with Gasteiger partial charge in [-0.15, -0.1) is 0 Å². The Balaban J connectivity index is 1.84. The van der Waals surface area contributed by atoms with Crippen molar-refractivity contribution in [2.75, 3.05) is 0 Å². The number of rotatable bonds is 3. The predicted octanol–water partition coefficient (Wildman–Crippen LogP) is 1.59. The van der Waals surface area contributed by atoms with Crippen molar-refractivity contribution in [3.05, 3.63) is 35.9 Å². The maximum Gasteiger partial charge on any atom is 0.411 e. The lowest BCUT2D eigenvalue weighted by molar-refractivity contribution is -0.108. The molecule has 1 amide bonds. The molecule has 1 aliphatic rings. The van der Waals surface area contributed by atoms with Gasteiger partial charge in [-0.25, -0.2) is 4.79 Å². The molecular weight excluding hydrogens is 206 g/mol. The van der Waals surface area contributed by atoms with Gasteiger partial charge in [0.2, 0.25) is 0 Å². The predicted molar refractivity (Wildman–Crippen MR) is 57.8 cm³/mol. The molecule has 1 fully saturated rings. The van der Waals surface area contributed by atoms with E-state index >= 15 is 0 Å². The van der Waals surface area contributed by atoms with Gasteiger partial charge in [0, 0.05) is 0 Å². The number of hydrogen-bond donors (Lipinski definition) is 0. The molecule has 1 aromatic rings. The molecule has 16 heavy (non-hydrogen) atoms. The Bertz CT molecular complexity index is 391. The van der Waals surface area contributed by atoms with Crippen molar-refractivity contribution in [2.24, 2.45) is 0 Å². The van der Waals surface area contributed by atoms with Gasteiger partial charge in [-0.3, -0.25) is 4.90 Å². The Morgan fingerprint density at radius 2 is 2.12 bits per heavy atom. The van der Waals surface area contributed by atoms with E-state index in [1.807, 2.05) is 37.3 Å². The summed E-state index contributed by atoms with van der Waals surface area (Å²) in [5, 5.41) is 0. The summed E-state index contributed by atoms with van der Waals surface area (Å²) >= 11 is 0. The van der Waals surface area contributed by atoms with Crippen LogP contribution in [0.5, 0.6) is 0 Å². The van der Waals surface area contributed by atoms with Crippen LogP contribution in [-0.2, 0) is 16.1 Å². The summed E-state index contributed by atoms with van der Waals surface area (Å²) in [6, 6.07) is 9.12. The van der Waals surface area contributed by atoms with Crippen LogP contribution < -0.4 is 0 Å². The molecule has 0 aromatic heterocycles. The molecule has 84 valence electrons. The quantitative estimate of drug-likeness (QED) is 0.573. The number of carbonyl (C=O) groups excluding carboxylic acids is 2. The zero-order valence-electron chi connectivity index (χ0n) is 9.00. The normalized spacial score (nSPS) is 22.7. The molecule has 0 saturated carbocycles. The van der Waals surface area contributed by atoms with Crippen molar-refractivity contribution in [3.63, 3.8) is 0 Å². The van der Waals surface area contributed by atoms with Crippen LogP contribution in [-0.4, -0.2) is 29.4 Å². The summed E-state index contributed by atoms with van der Waals surface area (Å²) in [6.07, 6.45) is 0.350. The van der Waals surface area contributed by atoms with Gasteiger partial charge in [-0.05, 0) is 12.5 Å². The highest BCUT2D eigenvalue weighted by atomic mass is 16.6. The topological polar surface area (TPSA) is 46.4 Å². The number of nitrogens with zero attached hydrogens (tertiary/aromatic N) is 1. The molecular formula is C12H13NO3. The van der Waals surface area contributed by atoms with E-state index in [0.717, 1.165) is 11.8 Å². The monoisotopic (exact) mass is 219 g/mol. The Morgan fingerprint density at radius 3 is 2.69 bits per heavy atom. The van der Waals surface area contributed by atoms with Crippen LogP contribution in [0.25, 0.3) is 0 Å². The average Bonchev–Trinajstić information content (AvgIpc) is 2.98. The number of amides is 1. The Morgan fingerprint density at radius 1 is 1.44 bits per heavy atom. The number of hydrogen-bond acceptors (Lipinski definition) is 3. The molecule has 0 unspecified atom stereocenters. The highest BCUT2D eigenvalue weighted by Crippen LogP contribution is 2.26. The summed E-state index contributed by atoms with van der Waals surface area (Å²) in [6.45, 7) is 2.07. The third-order valence-corrected chi connectivity index (χ3v) is 2.72.